The van der Waals surface area contributed by atoms with Crippen LogP contribution in [-0.2, 0) is 44.8 Å². The fraction of sp³-hybridized carbons (Fsp3) is 0.667. The average Bonchev–Trinajstić information content (AvgIpc) is 3.16. The summed E-state index contributed by atoms with van der Waals surface area (Å²) in [6, 6.07) is 0.490. The predicted molar refractivity (Wildman–Crippen MR) is 223 cm³/mol. The number of Topliss-reactive ketones (excluding diaryl/α,β-unsaturated/α-hetero) is 1. The molecule has 1 fully saturated rings. The van der Waals surface area contributed by atoms with Crippen molar-refractivity contribution in [3.05, 3.63) is 35.9 Å². The molecule has 60 heavy (non-hydrogen) atoms. The Hall–Kier alpha value is -4.94. The van der Waals surface area contributed by atoms with Gasteiger partial charge in [0, 0.05) is 12.8 Å². The van der Waals surface area contributed by atoms with Crippen molar-refractivity contribution in [3.8, 4) is 0 Å². The Balaban J connectivity index is 2.37. The lowest BCUT2D eigenvalue weighted by atomic mass is 9.79. The number of ketones is 1. The first-order valence-electron chi connectivity index (χ1n) is 20.7. The number of amides is 6. The van der Waals surface area contributed by atoms with Crippen LogP contribution in [-0.4, -0.2) is 123 Å². The Bertz CT molecular complexity index is 1690. The lowest BCUT2D eigenvalue weighted by Gasteiger charge is -2.53. The van der Waals surface area contributed by atoms with Crippen LogP contribution in [0.5, 0.6) is 0 Å². The van der Waals surface area contributed by atoms with E-state index in [0.29, 0.717) is 6.42 Å². The van der Waals surface area contributed by atoms with Crippen molar-refractivity contribution >= 4 is 47.2 Å². The van der Waals surface area contributed by atoms with E-state index in [1.54, 1.807) is 65.0 Å². The molecular formula is C42H68N8O10. The first kappa shape index (κ1) is 51.2. The Labute approximate surface area is 353 Å². The summed E-state index contributed by atoms with van der Waals surface area (Å²) in [6.45, 7) is 16.5. The zero-order chi connectivity index (χ0) is 45.8. The van der Waals surface area contributed by atoms with Gasteiger partial charge in [0.05, 0.1) is 24.7 Å². The SMILES string of the molecule is CC[C@@H](C)[C@@H](NC(=O)C(C(C)C)N1CC(Cc2ccccc2)(NC(=O)[C@@H](N)CC(=O)[C@H](C)N)C1=O)C(=O)N[C@@H](CC(C)C)C(=O)N[C@H](C(=O)N[C@H](C(=O)O)C(C)C)[C@@H](C)O. The van der Waals surface area contributed by atoms with Crippen molar-refractivity contribution in [1.82, 2.24) is 31.5 Å². The van der Waals surface area contributed by atoms with Crippen LogP contribution < -0.4 is 38.1 Å². The first-order chi connectivity index (χ1) is 27.9. The molecule has 1 aromatic carbocycles. The predicted octanol–water partition coefficient (Wildman–Crippen LogP) is -0.263. The molecule has 11 N–H and O–H groups in total. The fourth-order valence-electron chi connectivity index (χ4n) is 7.00. The fourth-order valence-corrected chi connectivity index (χ4v) is 7.00. The number of aliphatic hydroxyl groups is 1. The molecule has 0 aromatic heterocycles. The van der Waals surface area contributed by atoms with Gasteiger partial charge in [-0.15, -0.1) is 0 Å². The number of benzene rings is 1. The van der Waals surface area contributed by atoms with E-state index in [2.05, 4.69) is 26.6 Å². The highest BCUT2D eigenvalue weighted by Gasteiger charge is 2.57. The molecule has 1 saturated heterocycles. The van der Waals surface area contributed by atoms with Crippen LogP contribution in [0, 0.1) is 23.7 Å². The van der Waals surface area contributed by atoms with Crippen molar-refractivity contribution in [1.29, 1.82) is 0 Å². The summed E-state index contributed by atoms with van der Waals surface area (Å²) in [5, 5.41) is 33.1. The van der Waals surface area contributed by atoms with Crippen molar-refractivity contribution in [3.63, 3.8) is 0 Å². The summed E-state index contributed by atoms with van der Waals surface area (Å²) in [6.07, 6.45) is -1.16. The van der Waals surface area contributed by atoms with Gasteiger partial charge in [-0.05, 0) is 49.5 Å². The number of nitrogens with two attached hydrogens (primary N) is 2. The number of carbonyl (C=O) groups is 8. The number of carboxylic acids is 1. The number of aliphatic hydroxyl groups excluding tert-OH is 1. The summed E-state index contributed by atoms with van der Waals surface area (Å²) in [4.78, 5) is 108. The van der Waals surface area contributed by atoms with Gasteiger partial charge in [-0.2, -0.15) is 0 Å². The second-order valence-corrected chi connectivity index (χ2v) is 17.3. The average molecular weight is 845 g/mol. The van der Waals surface area contributed by atoms with Crippen LogP contribution in [0.1, 0.15) is 94.1 Å². The maximum absolute atomic E-state index is 14.3. The molecule has 10 atom stereocenters. The minimum atomic E-state index is -1.55. The Kier molecular flexibility index (Phi) is 19.3. The Morgan fingerprint density at radius 3 is 1.77 bits per heavy atom. The van der Waals surface area contributed by atoms with Gasteiger partial charge < -0.3 is 53.2 Å². The maximum atomic E-state index is 14.3. The highest BCUT2D eigenvalue weighted by molar-refractivity contribution is 6.02. The highest BCUT2D eigenvalue weighted by atomic mass is 16.4. The van der Waals surface area contributed by atoms with Crippen LogP contribution in [0.2, 0.25) is 0 Å². The van der Waals surface area contributed by atoms with Gasteiger partial charge in [-0.1, -0.05) is 92.1 Å². The zero-order valence-corrected chi connectivity index (χ0v) is 36.6. The molecule has 1 aliphatic rings. The molecule has 1 heterocycles. The second-order valence-electron chi connectivity index (χ2n) is 17.3. The van der Waals surface area contributed by atoms with E-state index in [-0.39, 0.29) is 31.7 Å². The van der Waals surface area contributed by atoms with Crippen molar-refractivity contribution in [2.24, 2.45) is 35.1 Å². The van der Waals surface area contributed by atoms with Crippen molar-refractivity contribution in [2.45, 2.75) is 149 Å². The quantitative estimate of drug-likeness (QED) is 0.0609. The molecule has 0 spiro atoms. The van der Waals surface area contributed by atoms with E-state index in [4.69, 9.17) is 11.5 Å². The Morgan fingerprint density at radius 1 is 0.750 bits per heavy atom. The molecule has 1 aliphatic heterocycles. The monoisotopic (exact) mass is 845 g/mol. The summed E-state index contributed by atoms with van der Waals surface area (Å²) < 4.78 is 0. The zero-order valence-electron chi connectivity index (χ0n) is 36.6. The number of carbonyl (C=O) groups excluding carboxylic acids is 7. The minimum absolute atomic E-state index is 0.0714. The number of rotatable bonds is 24. The normalized spacial score (nSPS) is 19.7. The van der Waals surface area contributed by atoms with Gasteiger partial charge >= 0.3 is 5.97 Å². The lowest BCUT2D eigenvalue weighted by Crippen LogP contribution is -2.79. The summed E-state index contributed by atoms with van der Waals surface area (Å²) in [5.74, 6) is -7.67. The second kappa shape index (κ2) is 22.6. The molecule has 18 nitrogen and oxygen atoms in total. The van der Waals surface area contributed by atoms with Gasteiger partial charge in [-0.3, -0.25) is 33.6 Å². The molecule has 1 aromatic rings. The van der Waals surface area contributed by atoms with Crippen LogP contribution in [0.4, 0.5) is 0 Å². The molecule has 0 aliphatic carbocycles. The lowest BCUT2D eigenvalue weighted by molar-refractivity contribution is -0.165. The molecular weight excluding hydrogens is 777 g/mol. The third-order valence-corrected chi connectivity index (χ3v) is 10.7. The number of carboxylic acid groups (broad SMARTS) is 1. The van der Waals surface area contributed by atoms with E-state index >= 15 is 0 Å². The van der Waals surface area contributed by atoms with Gasteiger partial charge in [0.1, 0.15) is 35.7 Å². The number of likely N-dealkylation sites (tertiary alicyclic amines) is 1. The van der Waals surface area contributed by atoms with E-state index in [1.165, 1.54) is 18.7 Å². The van der Waals surface area contributed by atoms with Crippen LogP contribution in [0.25, 0.3) is 0 Å². The summed E-state index contributed by atoms with van der Waals surface area (Å²) in [5.41, 5.74) is 11.0. The molecule has 336 valence electrons. The summed E-state index contributed by atoms with van der Waals surface area (Å²) >= 11 is 0. The minimum Gasteiger partial charge on any atom is -0.480 e. The van der Waals surface area contributed by atoms with Gasteiger partial charge in [0.15, 0.2) is 5.78 Å². The molecule has 2 rings (SSSR count). The first-order valence-corrected chi connectivity index (χ1v) is 20.7. The number of β-lactam (4-membered cyclic amide) rings is 1. The highest BCUT2D eigenvalue weighted by Crippen LogP contribution is 2.32. The third kappa shape index (κ3) is 13.8. The summed E-state index contributed by atoms with van der Waals surface area (Å²) in [7, 11) is 0. The molecule has 2 unspecified atom stereocenters. The maximum Gasteiger partial charge on any atom is 0.326 e. The number of nitrogens with zero attached hydrogens (tertiary/aromatic N) is 1. The number of aliphatic carboxylic acids is 1. The Morgan fingerprint density at radius 2 is 1.30 bits per heavy atom. The van der Waals surface area contributed by atoms with Crippen LogP contribution in [0.3, 0.4) is 0 Å². The molecule has 0 radical (unpaired) electrons. The molecule has 0 saturated carbocycles. The topological polar surface area (TPSA) is 292 Å². The molecule has 0 bridgehead atoms. The van der Waals surface area contributed by atoms with E-state index < -0.39 is 119 Å². The largest absolute Gasteiger partial charge is 0.480 e. The van der Waals surface area contributed by atoms with E-state index in [9.17, 15) is 48.6 Å². The van der Waals surface area contributed by atoms with Crippen molar-refractivity contribution in [2.75, 3.05) is 6.54 Å². The van der Waals surface area contributed by atoms with Crippen LogP contribution in [0.15, 0.2) is 30.3 Å². The van der Waals surface area contributed by atoms with Crippen molar-refractivity contribution < 1.29 is 48.6 Å². The van der Waals surface area contributed by atoms with Crippen LogP contribution >= 0.6 is 0 Å². The molecule has 18 heteroatoms. The molecule has 6 amide bonds. The number of nitrogens with one attached hydrogen (secondary N) is 5. The van der Waals surface area contributed by atoms with Gasteiger partial charge in [0.25, 0.3) is 5.91 Å². The third-order valence-electron chi connectivity index (χ3n) is 10.7. The van der Waals surface area contributed by atoms with E-state index in [0.717, 1.165) is 5.56 Å². The van der Waals surface area contributed by atoms with Gasteiger partial charge in [0.2, 0.25) is 29.5 Å². The number of hydrogen-bond acceptors (Lipinski definition) is 11. The number of hydrogen-bond donors (Lipinski definition) is 9. The van der Waals surface area contributed by atoms with Gasteiger partial charge in [-0.25, -0.2) is 4.79 Å². The standard InChI is InChI=1S/C42H68N8O10/c1-11-24(8)32(37(55)45-29(17-21(2)3)36(54)48-33(26(10)51)38(56)46-31(22(4)5)40(58)59)47-39(57)34(23(6)7)50-20-42(41(50)60,19-27-15-13-12-14-16-27)49-35(53)28(44)18-30(52)25(9)43/h12-16,21-26,28-29,31-34,51H,11,17-20,43-44H2,1-10H3,(H,45,55)(H,46,56)(H,47,57)(H,48,54)(H,49,53)(H,58,59)/t24-,25+,26-,28+,29+,31+,32-,33+,34?,42?/m1/s1. The van der Waals surface area contributed by atoms with E-state index in [1.807, 2.05) is 20.8 Å². The smallest absolute Gasteiger partial charge is 0.326 e.